The van der Waals surface area contributed by atoms with Crippen LogP contribution in [0.4, 0.5) is 11.4 Å². The molecule has 3 atom stereocenters. The van der Waals surface area contributed by atoms with Gasteiger partial charge in [0.1, 0.15) is 6.04 Å². The second-order valence-electron chi connectivity index (χ2n) is 8.99. The number of nitrogens with one attached hydrogen (secondary N) is 1. The normalized spacial score (nSPS) is 27.6. The topological polar surface area (TPSA) is 79.0 Å². The van der Waals surface area contributed by atoms with Crippen LogP contribution >= 0.6 is 0 Å². The molecule has 3 heterocycles. The number of nitrogens with zero attached hydrogens (tertiary/aromatic N) is 2. The van der Waals surface area contributed by atoms with Gasteiger partial charge >= 0.3 is 5.97 Å². The van der Waals surface area contributed by atoms with E-state index in [-0.39, 0.29) is 24.5 Å². The Bertz CT molecular complexity index is 868. The Labute approximate surface area is 176 Å². The van der Waals surface area contributed by atoms with Crippen molar-refractivity contribution in [1.29, 1.82) is 0 Å². The standard InChI is InChI=1S/C23H29N3O4/c27-21(26-12-3-6-15-5-1-2-7-18(15)26)14-30-23(29)16-9-10-19-17(13-16)24-22(28)20-8-4-11-25(19)20/h9-10,13,15,18,20H,1-8,11-12,14H2,(H,24,28)/t15-,18-,20-/m1/s1. The molecule has 3 aliphatic heterocycles. The molecule has 3 fully saturated rings. The number of esters is 1. The molecule has 0 aromatic heterocycles. The number of rotatable bonds is 3. The third-order valence-electron chi connectivity index (χ3n) is 7.25. The molecule has 2 amide bonds. The molecule has 0 unspecified atom stereocenters. The molecule has 0 radical (unpaired) electrons. The molecule has 0 bridgehead atoms. The van der Waals surface area contributed by atoms with Crippen molar-refractivity contribution < 1.29 is 19.1 Å². The van der Waals surface area contributed by atoms with E-state index in [1.165, 1.54) is 25.7 Å². The van der Waals surface area contributed by atoms with Gasteiger partial charge in [0.25, 0.3) is 5.91 Å². The van der Waals surface area contributed by atoms with Crippen molar-refractivity contribution in [3.05, 3.63) is 23.8 Å². The Morgan fingerprint density at radius 2 is 1.83 bits per heavy atom. The van der Waals surface area contributed by atoms with Gasteiger partial charge in [-0.3, -0.25) is 9.59 Å². The summed E-state index contributed by atoms with van der Waals surface area (Å²) < 4.78 is 5.37. The second kappa shape index (κ2) is 7.93. The van der Waals surface area contributed by atoms with Crippen LogP contribution in [0.15, 0.2) is 18.2 Å². The molecule has 1 saturated carbocycles. The molecule has 5 rings (SSSR count). The van der Waals surface area contributed by atoms with E-state index in [0.717, 1.165) is 44.5 Å². The van der Waals surface area contributed by atoms with E-state index >= 15 is 0 Å². The summed E-state index contributed by atoms with van der Waals surface area (Å²) in [5, 5.41) is 2.91. The molecule has 160 valence electrons. The van der Waals surface area contributed by atoms with Crippen LogP contribution in [0.2, 0.25) is 0 Å². The van der Waals surface area contributed by atoms with Crippen molar-refractivity contribution in [3.8, 4) is 0 Å². The average molecular weight is 412 g/mol. The zero-order chi connectivity index (χ0) is 20.7. The molecule has 1 aromatic carbocycles. The van der Waals surface area contributed by atoms with Gasteiger partial charge < -0.3 is 19.9 Å². The van der Waals surface area contributed by atoms with Crippen molar-refractivity contribution in [2.24, 2.45) is 5.92 Å². The monoisotopic (exact) mass is 411 g/mol. The quantitative estimate of drug-likeness (QED) is 0.774. The van der Waals surface area contributed by atoms with Crippen LogP contribution in [-0.2, 0) is 14.3 Å². The first-order chi connectivity index (χ1) is 14.6. The van der Waals surface area contributed by atoms with E-state index in [1.54, 1.807) is 12.1 Å². The van der Waals surface area contributed by atoms with Crippen LogP contribution in [0.1, 0.15) is 61.7 Å². The number of carbonyl (C=O) groups is 3. The van der Waals surface area contributed by atoms with Crippen LogP contribution in [0.25, 0.3) is 0 Å². The average Bonchev–Trinajstić information content (AvgIpc) is 3.27. The Balaban J connectivity index is 1.23. The fourth-order valence-electron chi connectivity index (χ4n) is 5.79. The molecule has 0 spiro atoms. The van der Waals surface area contributed by atoms with Crippen LogP contribution in [-0.4, -0.2) is 54.5 Å². The lowest BCUT2D eigenvalue weighted by Gasteiger charge is -2.44. The molecule has 7 heteroatoms. The van der Waals surface area contributed by atoms with Crippen molar-refractivity contribution in [2.75, 3.05) is 29.9 Å². The summed E-state index contributed by atoms with van der Waals surface area (Å²) in [6.45, 7) is 1.39. The highest BCUT2D eigenvalue weighted by atomic mass is 16.5. The Hall–Kier alpha value is -2.57. The molecule has 1 N–H and O–H groups in total. The first kappa shape index (κ1) is 19.4. The Kier molecular flexibility index (Phi) is 5.13. The van der Waals surface area contributed by atoms with E-state index < -0.39 is 5.97 Å². The molecule has 1 aromatic rings. The maximum atomic E-state index is 12.8. The maximum Gasteiger partial charge on any atom is 0.338 e. The van der Waals surface area contributed by atoms with Gasteiger partial charge in [-0.25, -0.2) is 4.79 Å². The molecule has 2 saturated heterocycles. The molecule has 4 aliphatic rings. The fourth-order valence-corrected chi connectivity index (χ4v) is 5.79. The zero-order valence-electron chi connectivity index (χ0n) is 17.3. The summed E-state index contributed by atoms with van der Waals surface area (Å²) >= 11 is 0. The minimum atomic E-state index is -0.527. The zero-order valence-corrected chi connectivity index (χ0v) is 17.3. The second-order valence-corrected chi connectivity index (χ2v) is 8.99. The number of ether oxygens (including phenoxy) is 1. The summed E-state index contributed by atoms with van der Waals surface area (Å²) in [5.74, 6) is -0.0362. The van der Waals surface area contributed by atoms with Gasteiger partial charge in [0.05, 0.1) is 16.9 Å². The number of amides is 2. The number of fused-ring (bicyclic) bond motifs is 4. The summed E-state index contributed by atoms with van der Waals surface area (Å²) in [6, 6.07) is 5.44. The van der Waals surface area contributed by atoms with Crippen LogP contribution < -0.4 is 10.2 Å². The van der Waals surface area contributed by atoms with Crippen molar-refractivity contribution in [2.45, 2.75) is 63.5 Å². The Morgan fingerprint density at radius 3 is 2.73 bits per heavy atom. The first-order valence-electron chi connectivity index (χ1n) is 11.3. The van der Waals surface area contributed by atoms with Gasteiger partial charge in [-0.2, -0.15) is 0 Å². The smallest absolute Gasteiger partial charge is 0.338 e. The number of hydrogen-bond acceptors (Lipinski definition) is 5. The third-order valence-corrected chi connectivity index (χ3v) is 7.25. The summed E-state index contributed by atoms with van der Waals surface area (Å²) in [7, 11) is 0. The lowest BCUT2D eigenvalue weighted by Crippen LogP contribution is -2.50. The number of likely N-dealkylation sites (tertiary alicyclic amines) is 1. The van der Waals surface area contributed by atoms with E-state index in [1.807, 2.05) is 11.0 Å². The van der Waals surface area contributed by atoms with Crippen LogP contribution in [0.3, 0.4) is 0 Å². The minimum Gasteiger partial charge on any atom is -0.452 e. The van der Waals surface area contributed by atoms with Gasteiger partial charge in [0.15, 0.2) is 6.61 Å². The lowest BCUT2D eigenvalue weighted by atomic mass is 9.78. The summed E-state index contributed by atoms with van der Waals surface area (Å²) in [5.41, 5.74) is 1.94. The third kappa shape index (κ3) is 3.44. The number of carbonyl (C=O) groups excluding carboxylic acids is 3. The van der Waals surface area contributed by atoms with Crippen LogP contribution in [0, 0.1) is 5.92 Å². The van der Waals surface area contributed by atoms with Crippen molar-refractivity contribution in [3.63, 3.8) is 0 Å². The molecule has 1 aliphatic carbocycles. The van der Waals surface area contributed by atoms with Gasteiger partial charge in [-0.15, -0.1) is 0 Å². The molecular formula is C23H29N3O4. The minimum absolute atomic E-state index is 0.0205. The molecular weight excluding hydrogens is 382 g/mol. The summed E-state index contributed by atoms with van der Waals surface area (Å²) in [4.78, 5) is 41.7. The highest BCUT2D eigenvalue weighted by Gasteiger charge is 2.37. The highest BCUT2D eigenvalue weighted by molar-refractivity contribution is 6.05. The van der Waals surface area contributed by atoms with Gasteiger partial charge in [-0.05, 0) is 62.6 Å². The molecule has 30 heavy (non-hydrogen) atoms. The largest absolute Gasteiger partial charge is 0.452 e. The van der Waals surface area contributed by atoms with Gasteiger partial charge in [0.2, 0.25) is 5.91 Å². The predicted molar refractivity (Wildman–Crippen MR) is 112 cm³/mol. The maximum absolute atomic E-state index is 12.8. The number of hydrogen-bond donors (Lipinski definition) is 1. The van der Waals surface area contributed by atoms with Gasteiger partial charge in [-0.1, -0.05) is 12.8 Å². The van der Waals surface area contributed by atoms with E-state index in [4.69, 9.17) is 4.74 Å². The lowest BCUT2D eigenvalue weighted by molar-refractivity contribution is -0.140. The predicted octanol–water partition coefficient (Wildman–Crippen LogP) is 2.95. The van der Waals surface area contributed by atoms with E-state index in [9.17, 15) is 14.4 Å². The van der Waals surface area contributed by atoms with Gasteiger partial charge in [0, 0.05) is 19.1 Å². The fraction of sp³-hybridized carbons (Fsp3) is 0.609. The summed E-state index contributed by atoms with van der Waals surface area (Å²) in [6.07, 6.45) is 8.77. The number of anilines is 2. The number of piperidine rings is 1. The first-order valence-corrected chi connectivity index (χ1v) is 11.3. The molecule has 7 nitrogen and oxygen atoms in total. The van der Waals surface area contributed by atoms with Crippen molar-refractivity contribution >= 4 is 29.2 Å². The van der Waals surface area contributed by atoms with Crippen molar-refractivity contribution in [1.82, 2.24) is 4.90 Å². The van der Waals surface area contributed by atoms with E-state index in [2.05, 4.69) is 10.2 Å². The SMILES string of the molecule is O=C(OCC(=O)N1CCC[C@H]2CCCC[C@H]21)c1ccc2c(c1)NC(=O)[C@H]1CCCN21. The number of benzene rings is 1. The Morgan fingerprint density at radius 1 is 1.03 bits per heavy atom. The van der Waals surface area contributed by atoms with Crippen LogP contribution in [0.5, 0.6) is 0 Å². The van der Waals surface area contributed by atoms with E-state index in [0.29, 0.717) is 23.2 Å². The highest BCUT2D eigenvalue weighted by Crippen LogP contribution is 2.37.